The highest BCUT2D eigenvalue weighted by atomic mass is 16.5. The normalized spacial score (nSPS) is 11.2. The Hall–Kier alpha value is -1.27. The van der Waals surface area contributed by atoms with E-state index >= 15 is 0 Å². The summed E-state index contributed by atoms with van der Waals surface area (Å²) in [4.78, 5) is 11.6. The van der Waals surface area contributed by atoms with Crippen LogP contribution in [0.15, 0.2) is 6.20 Å². The summed E-state index contributed by atoms with van der Waals surface area (Å²) in [6, 6.07) is 0. The number of ketones is 1. The fourth-order valence-corrected chi connectivity index (χ4v) is 1.73. The minimum Gasteiger partial charge on any atom is -0.379 e. The summed E-state index contributed by atoms with van der Waals surface area (Å²) < 4.78 is 12.5. The summed E-state index contributed by atoms with van der Waals surface area (Å²) in [7, 11) is 0. The molecule has 0 bridgehead atoms. The molecule has 6 nitrogen and oxygen atoms in total. The van der Waals surface area contributed by atoms with E-state index < -0.39 is 0 Å². The van der Waals surface area contributed by atoms with E-state index in [-0.39, 0.29) is 11.7 Å². The van der Waals surface area contributed by atoms with Crippen molar-refractivity contribution in [1.29, 1.82) is 0 Å². The number of nitrogens with zero attached hydrogens (tertiary/aromatic N) is 3. The fraction of sp³-hybridized carbons (Fsp3) is 0.800. The second-order valence-electron chi connectivity index (χ2n) is 5.32. The van der Waals surface area contributed by atoms with E-state index in [0.29, 0.717) is 39.2 Å². The maximum absolute atomic E-state index is 11.6. The molecule has 0 saturated heterocycles. The van der Waals surface area contributed by atoms with Gasteiger partial charge in [-0.2, -0.15) is 0 Å². The third kappa shape index (κ3) is 7.92. The summed E-state index contributed by atoms with van der Waals surface area (Å²) in [6.07, 6.45) is 4.09. The van der Waals surface area contributed by atoms with Gasteiger partial charge in [-0.25, -0.2) is 4.68 Å². The third-order valence-corrected chi connectivity index (χ3v) is 3.04. The molecule has 21 heavy (non-hydrogen) atoms. The first-order valence-electron chi connectivity index (χ1n) is 7.70. The van der Waals surface area contributed by atoms with Crippen molar-refractivity contribution in [1.82, 2.24) is 15.0 Å². The number of ether oxygens (including phenoxy) is 2. The molecule has 0 aliphatic heterocycles. The van der Waals surface area contributed by atoms with Crippen molar-refractivity contribution in [2.75, 3.05) is 26.4 Å². The van der Waals surface area contributed by atoms with Crippen LogP contribution in [0.5, 0.6) is 0 Å². The van der Waals surface area contributed by atoms with E-state index in [2.05, 4.69) is 17.2 Å². The molecule has 0 fully saturated rings. The maximum atomic E-state index is 11.6. The Morgan fingerprint density at radius 3 is 2.62 bits per heavy atom. The number of aromatic nitrogens is 3. The predicted molar refractivity (Wildman–Crippen MR) is 80.1 cm³/mol. The lowest BCUT2D eigenvalue weighted by Crippen LogP contribution is -2.10. The van der Waals surface area contributed by atoms with Crippen LogP contribution in [0, 0.1) is 5.92 Å². The largest absolute Gasteiger partial charge is 0.379 e. The van der Waals surface area contributed by atoms with Crippen LogP contribution >= 0.6 is 0 Å². The number of carbonyl (C=O) groups excluding carboxylic acids is 1. The molecule has 1 heterocycles. The van der Waals surface area contributed by atoms with Crippen LogP contribution < -0.4 is 0 Å². The monoisotopic (exact) mass is 297 g/mol. The second kappa shape index (κ2) is 10.5. The highest BCUT2D eigenvalue weighted by molar-refractivity contribution is 5.80. The van der Waals surface area contributed by atoms with Crippen LogP contribution in [0.1, 0.15) is 39.3 Å². The Labute approximate surface area is 126 Å². The number of Topliss-reactive ketones (excluding diaryl/α,β-unsaturated/α-hetero) is 1. The summed E-state index contributed by atoms with van der Waals surface area (Å²) >= 11 is 0. The molecule has 0 saturated carbocycles. The molecule has 1 aromatic heterocycles. The SMILES string of the molecule is CCCOCCOCCn1cc(CCC(=O)C(C)C)nn1. The molecule has 0 aromatic carbocycles. The Morgan fingerprint density at radius 2 is 1.95 bits per heavy atom. The molecule has 0 spiro atoms. The molecule has 0 radical (unpaired) electrons. The molecule has 120 valence electrons. The van der Waals surface area contributed by atoms with E-state index in [1.54, 1.807) is 4.68 Å². The molecule has 0 amide bonds. The molecule has 1 aromatic rings. The number of hydrogen-bond donors (Lipinski definition) is 0. The molecule has 0 unspecified atom stereocenters. The van der Waals surface area contributed by atoms with Crippen LogP contribution in [0.3, 0.4) is 0 Å². The topological polar surface area (TPSA) is 66.2 Å². The van der Waals surface area contributed by atoms with Crippen molar-refractivity contribution in [3.8, 4) is 0 Å². The minimum absolute atomic E-state index is 0.0865. The molecular weight excluding hydrogens is 270 g/mol. The Kier molecular flexibility index (Phi) is 8.85. The lowest BCUT2D eigenvalue weighted by atomic mass is 10.0. The number of rotatable bonds is 12. The summed E-state index contributed by atoms with van der Waals surface area (Å²) in [5, 5.41) is 8.10. The first-order chi connectivity index (χ1) is 10.1. The van der Waals surface area contributed by atoms with Gasteiger partial charge in [0.25, 0.3) is 0 Å². The zero-order valence-corrected chi connectivity index (χ0v) is 13.4. The molecular formula is C15H27N3O3. The van der Waals surface area contributed by atoms with E-state index in [9.17, 15) is 4.79 Å². The zero-order chi connectivity index (χ0) is 15.5. The quantitative estimate of drug-likeness (QED) is 0.551. The highest BCUT2D eigenvalue weighted by Crippen LogP contribution is 2.04. The van der Waals surface area contributed by atoms with Crippen LogP contribution in [-0.4, -0.2) is 47.2 Å². The summed E-state index contributed by atoms with van der Waals surface area (Å²) in [5.74, 6) is 0.350. The van der Waals surface area contributed by atoms with Gasteiger partial charge in [0, 0.05) is 31.6 Å². The van der Waals surface area contributed by atoms with Crippen LogP contribution in [0.25, 0.3) is 0 Å². The highest BCUT2D eigenvalue weighted by Gasteiger charge is 2.09. The first kappa shape index (κ1) is 17.8. The second-order valence-corrected chi connectivity index (χ2v) is 5.32. The maximum Gasteiger partial charge on any atom is 0.135 e. The molecule has 0 aliphatic rings. The summed E-state index contributed by atoms with van der Waals surface area (Å²) in [5.41, 5.74) is 0.857. The fourth-order valence-electron chi connectivity index (χ4n) is 1.73. The summed E-state index contributed by atoms with van der Waals surface area (Å²) in [6.45, 7) is 9.19. The average molecular weight is 297 g/mol. The van der Waals surface area contributed by atoms with E-state index in [1.165, 1.54) is 0 Å². The Bertz CT molecular complexity index is 405. The lowest BCUT2D eigenvalue weighted by molar-refractivity contribution is -0.121. The van der Waals surface area contributed by atoms with Crippen molar-refractivity contribution in [3.63, 3.8) is 0 Å². The van der Waals surface area contributed by atoms with Crippen molar-refractivity contribution >= 4 is 5.78 Å². The lowest BCUT2D eigenvalue weighted by Gasteiger charge is -2.04. The van der Waals surface area contributed by atoms with Crippen molar-refractivity contribution < 1.29 is 14.3 Å². The third-order valence-electron chi connectivity index (χ3n) is 3.04. The van der Waals surface area contributed by atoms with Crippen LogP contribution in [-0.2, 0) is 27.2 Å². The molecule has 0 atom stereocenters. The minimum atomic E-state index is 0.0865. The van der Waals surface area contributed by atoms with Crippen molar-refractivity contribution in [3.05, 3.63) is 11.9 Å². The average Bonchev–Trinajstić information content (AvgIpc) is 2.91. The van der Waals surface area contributed by atoms with E-state index in [4.69, 9.17) is 9.47 Å². The Balaban J connectivity index is 2.13. The van der Waals surface area contributed by atoms with Gasteiger partial charge in [0.1, 0.15) is 5.78 Å². The zero-order valence-electron chi connectivity index (χ0n) is 13.4. The van der Waals surface area contributed by atoms with Gasteiger partial charge in [-0.15, -0.1) is 5.10 Å². The van der Waals surface area contributed by atoms with Gasteiger partial charge in [-0.3, -0.25) is 4.79 Å². The van der Waals surface area contributed by atoms with E-state index in [1.807, 2.05) is 20.0 Å². The molecule has 6 heteroatoms. The Morgan fingerprint density at radius 1 is 1.24 bits per heavy atom. The number of aryl methyl sites for hydroxylation is 1. The standard InChI is InChI=1S/C15H27N3O3/c1-4-8-20-10-11-21-9-7-18-12-14(16-17-18)5-6-15(19)13(2)3/h12-13H,4-11H2,1-3H3. The van der Waals surface area contributed by atoms with Gasteiger partial charge in [0.2, 0.25) is 0 Å². The molecule has 0 aliphatic carbocycles. The molecule has 0 N–H and O–H groups in total. The van der Waals surface area contributed by atoms with Gasteiger partial charge in [-0.05, 0) is 6.42 Å². The van der Waals surface area contributed by atoms with Gasteiger partial charge in [-0.1, -0.05) is 26.0 Å². The van der Waals surface area contributed by atoms with Crippen LogP contribution in [0.4, 0.5) is 0 Å². The number of hydrogen-bond acceptors (Lipinski definition) is 5. The van der Waals surface area contributed by atoms with Gasteiger partial charge in [0.15, 0.2) is 0 Å². The first-order valence-corrected chi connectivity index (χ1v) is 7.70. The van der Waals surface area contributed by atoms with Gasteiger partial charge in [0.05, 0.1) is 32.1 Å². The van der Waals surface area contributed by atoms with Gasteiger partial charge < -0.3 is 9.47 Å². The van der Waals surface area contributed by atoms with Crippen LogP contribution in [0.2, 0.25) is 0 Å². The van der Waals surface area contributed by atoms with Crippen molar-refractivity contribution in [2.45, 2.75) is 46.6 Å². The predicted octanol–water partition coefficient (Wildman–Crippen LogP) is 1.88. The van der Waals surface area contributed by atoms with Crippen molar-refractivity contribution in [2.24, 2.45) is 5.92 Å². The smallest absolute Gasteiger partial charge is 0.135 e. The van der Waals surface area contributed by atoms with E-state index in [0.717, 1.165) is 18.7 Å². The molecule has 1 rings (SSSR count). The van der Waals surface area contributed by atoms with Gasteiger partial charge >= 0.3 is 0 Å². The number of carbonyl (C=O) groups is 1.